The Hall–Kier alpha value is -0.780. The fourth-order valence-electron chi connectivity index (χ4n) is 0. The average molecular weight is 155 g/mol. The van der Waals surface area contributed by atoms with Crippen LogP contribution in [0.2, 0.25) is 0 Å². The Morgan fingerprint density at radius 2 is 1.56 bits per heavy atom. The lowest BCUT2D eigenvalue weighted by molar-refractivity contribution is 0.165. The first-order chi connectivity index (χ1) is 4.06. The number of nitrogens with zero attached hydrogens (tertiary/aromatic N) is 1. The van der Waals surface area contributed by atoms with Gasteiger partial charge in [0.25, 0.3) is 0 Å². The van der Waals surface area contributed by atoms with Gasteiger partial charge in [-0.1, -0.05) is 0 Å². The van der Waals surface area contributed by atoms with E-state index in [0.29, 0.717) is 0 Å². The first-order valence-corrected chi connectivity index (χ1v) is 2.77. The lowest BCUT2D eigenvalue weighted by Gasteiger charge is -1.99. The molecular formula is C3H9NO4S. The number of rotatable bonds is 0. The third-order valence-electron chi connectivity index (χ3n) is 0.383. The highest BCUT2D eigenvalue weighted by molar-refractivity contribution is 7.51. The number of hydrogen-bond acceptors (Lipinski definition) is 3. The van der Waals surface area contributed by atoms with Gasteiger partial charge >= 0.3 is 6.09 Å². The lowest BCUT2D eigenvalue weighted by atomic mass is 10.9. The van der Waals surface area contributed by atoms with E-state index >= 15 is 0 Å². The molecule has 0 spiro atoms. The van der Waals surface area contributed by atoms with Crippen molar-refractivity contribution in [3.05, 3.63) is 0 Å². The molecule has 0 unspecified atom stereocenters. The topological polar surface area (TPSA) is 74.7 Å². The molecule has 0 radical (unpaired) electrons. The van der Waals surface area contributed by atoms with Gasteiger partial charge in [0.05, 0.1) is 0 Å². The van der Waals surface area contributed by atoms with E-state index in [2.05, 4.69) is 0 Å². The molecule has 0 bridgehead atoms. The van der Waals surface area contributed by atoms with Crippen LogP contribution < -0.4 is 0 Å². The van der Waals surface area contributed by atoms with E-state index in [1.165, 1.54) is 14.1 Å². The average Bonchev–Trinajstić information content (AvgIpc) is 1.68. The Bertz CT molecular complexity index is 117. The summed E-state index contributed by atoms with van der Waals surface area (Å²) in [7, 11) is 2.95. The van der Waals surface area contributed by atoms with Crippen molar-refractivity contribution in [3.8, 4) is 0 Å². The summed E-state index contributed by atoms with van der Waals surface area (Å²) in [5, 5.41) is 7.92. The first kappa shape index (κ1) is 11.1. The van der Waals surface area contributed by atoms with E-state index in [-0.39, 0.29) is 0 Å². The standard InChI is InChI=1S/C3H7NO2.H2O2S/c1-4(2)3(5)6;1-3-2/h1-2H3,(H,5,6);3H2. The highest BCUT2D eigenvalue weighted by atomic mass is 32.1. The minimum Gasteiger partial charge on any atom is -0.465 e. The number of amides is 1. The van der Waals surface area contributed by atoms with Crippen molar-refractivity contribution in [3.63, 3.8) is 0 Å². The van der Waals surface area contributed by atoms with E-state index in [0.717, 1.165) is 4.90 Å². The van der Waals surface area contributed by atoms with Crippen LogP contribution in [0.5, 0.6) is 0 Å². The minimum absolute atomic E-state index is 0.907. The number of carbonyl (C=O) groups is 1. The quantitative estimate of drug-likeness (QED) is 0.488. The summed E-state index contributed by atoms with van der Waals surface area (Å²) < 4.78 is 16.8. The van der Waals surface area contributed by atoms with E-state index in [1.54, 1.807) is 0 Å². The third kappa shape index (κ3) is 19.0. The zero-order chi connectivity index (χ0) is 7.86. The number of carboxylic acid groups (broad SMARTS) is 1. The lowest BCUT2D eigenvalue weighted by Crippen LogP contribution is -2.18. The van der Waals surface area contributed by atoms with Gasteiger partial charge in [-0.05, 0) is 0 Å². The van der Waals surface area contributed by atoms with Crippen LogP contribution in [0.15, 0.2) is 0 Å². The van der Waals surface area contributed by atoms with Crippen molar-refractivity contribution in [2.45, 2.75) is 0 Å². The van der Waals surface area contributed by atoms with Crippen LogP contribution in [0.4, 0.5) is 4.79 Å². The Morgan fingerprint density at radius 1 is 1.44 bits per heavy atom. The second kappa shape index (κ2) is 7.22. The van der Waals surface area contributed by atoms with E-state index in [1.807, 2.05) is 0 Å². The molecule has 0 fully saturated rings. The predicted octanol–water partition coefficient (Wildman–Crippen LogP) is -0.980. The zero-order valence-electron chi connectivity index (χ0n) is 5.12. The summed E-state index contributed by atoms with van der Waals surface area (Å²) in [6.07, 6.45) is -0.907. The molecule has 0 aromatic carbocycles. The van der Waals surface area contributed by atoms with E-state index in [4.69, 9.17) is 13.5 Å². The van der Waals surface area contributed by atoms with Gasteiger partial charge in [-0.2, -0.15) is 0 Å². The maximum Gasteiger partial charge on any atom is 0.406 e. The largest absolute Gasteiger partial charge is 0.465 e. The molecule has 0 rings (SSSR count). The second-order valence-electron chi connectivity index (χ2n) is 1.26. The monoisotopic (exact) mass is 155 g/mol. The van der Waals surface area contributed by atoms with Crippen molar-refractivity contribution in [2.24, 2.45) is 0 Å². The fraction of sp³-hybridized carbons (Fsp3) is 0.667. The van der Waals surface area contributed by atoms with Crippen LogP contribution in [0.25, 0.3) is 0 Å². The van der Waals surface area contributed by atoms with Gasteiger partial charge in [0.1, 0.15) is 11.6 Å². The molecule has 0 heterocycles. The van der Waals surface area contributed by atoms with Crippen LogP contribution in [0, 0.1) is 0 Å². The van der Waals surface area contributed by atoms with Crippen molar-refractivity contribution in [1.82, 2.24) is 4.90 Å². The van der Waals surface area contributed by atoms with Gasteiger partial charge in [-0.25, -0.2) is 13.2 Å². The molecule has 0 aromatic rings. The molecule has 1 N–H and O–H groups in total. The second-order valence-corrected chi connectivity index (χ2v) is 1.43. The van der Waals surface area contributed by atoms with Crippen LogP contribution in [0.1, 0.15) is 0 Å². The number of hydrogen-bond donors (Lipinski definition) is 1. The highest BCUT2D eigenvalue weighted by Gasteiger charge is 1.91. The molecule has 6 heteroatoms. The van der Waals surface area contributed by atoms with Gasteiger partial charge in [-0.3, -0.25) is 0 Å². The highest BCUT2D eigenvalue weighted by Crippen LogP contribution is 1.69. The molecule has 0 aliphatic heterocycles. The van der Waals surface area contributed by atoms with Crippen molar-refractivity contribution < 1.29 is 18.3 Å². The zero-order valence-corrected chi connectivity index (χ0v) is 6.12. The molecule has 0 aliphatic rings. The van der Waals surface area contributed by atoms with Crippen molar-refractivity contribution in [1.29, 1.82) is 0 Å². The predicted molar refractivity (Wildman–Crippen MR) is 33.4 cm³/mol. The van der Waals surface area contributed by atoms with Gasteiger partial charge in [-0.15, -0.1) is 0 Å². The summed E-state index contributed by atoms with van der Waals surface area (Å²) in [6, 6.07) is 0. The fourth-order valence-corrected chi connectivity index (χ4v) is 0. The van der Waals surface area contributed by atoms with E-state index in [9.17, 15) is 4.79 Å². The van der Waals surface area contributed by atoms with Crippen LogP contribution in [-0.2, 0) is 11.6 Å². The molecule has 0 aliphatic carbocycles. The van der Waals surface area contributed by atoms with Crippen LogP contribution in [0.3, 0.4) is 0 Å². The normalized spacial score (nSPS) is 6.89. The molecule has 56 valence electrons. The first-order valence-electron chi connectivity index (χ1n) is 1.95. The Labute approximate surface area is 55.9 Å². The molecule has 0 aromatic heterocycles. The molecule has 0 saturated heterocycles. The van der Waals surface area contributed by atoms with E-state index < -0.39 is 17.7 Å². The smallest absolute Gasteiger partial charge is 0.406 e. The summed E-state index contributed by atoms with van der Waals surface area (Å²) in [4.78, 5) is 10.7. The molecule has 5 nitrogen and oxygen atoms in total. The third-order valence-corrected chi connectivity index (χ3v) is 0.383. The summed E-state index contributed by atoms with van der Waals surface area (Å²) in [6.45, 7) is 0. The summed E-state index contributed by atoms with van der Waals surface area (Å²) >= 11 is -1.42. The molecular weight excluding hydrogens is 146 g/mol. The maximum absolute atomic E-state index is 9.62. The van der Waals surface area contributed by atoms with Crippen molar-refractivity contribution >= 4 is 17.7 Å². The van der Waals surface area contributed by atoms with Gasteiger partial charge in [0, 0.05) is 14.1 Å². The maximum atomic E-state index is 9.62. The summed E-state index contributed by atoms with van der Waals surface area (Å²) in [5.74, 6) is 0. The molecule has 0 atom stereocenters. The molecule has 1 amide bonds. The van der Waals surface area contributed by atoms with Crippen LogP contribution in [-0.4, -0.2) is 38.6 Å². The molecule has 0 saturated carbocycles. The molecule has 9 heavy (non-hydrogen) atoms. The van der Waals surface area contributed by atoms with Crippen molar-refractivity contribution in [2.75, 3.05) is 14.1 Å². The minimum atomic E-state index is -1.42. The Kier molecular flexibility index (Phi) is 8.89. The Morgan fingerprint density at radius 3 is 1.56 bits per heavy atom. The van der Waals surface area contributed by atoms with Crippen LogP contribution >= 0.6 is 0 Å². The SMILES string of the molecule is CN(C)C(=O)O.O=[SH2]=O. The Balaban J connectivity index is 0. The van der Waals surface area contributed by atoms with Gasteiger partial charge < -0.3 is 10.0 Å². The van der Waals surface area contributed by atoms with Gasteiger partial charge in [0.15, 0.2) is 0 Å². The van der Waals surface area contributed by atoms with Gasteiger partial charge in [0.2, 0.25) is 0 Å². The summed E-state index contributed by atoms with van der Waals surface area (Å²) in [5.41, 5.74) is 0.